The normalized spacial score (nSPS) is 10.5. The Morgan fingerprint density at radius 3 is 2.18 bits per heavy atom. The van der Waals surface area contributed by atoms with Gasteiger partial charge in [0.2, 0.25) is 11.7 Å². The molecule has 9 heteroatoms. The first kappa shape index (κ1) is 22.4. The number of nitrogens with one attached hydrogen (secondary N) is 2. The van der Waals surface area contributed by atoms with Crippen molar-refractivity contribution in [1.82, 2.24) is 20.1 Å². The number of amides is 3. The molecule has 0 radical (unpaired) electrons. The average Bonchev–Trinajstić information content (AvgIpc) is 3.31. The van der Waals surface area contributed by atoms with Crippen LogP contribution in [0.4, 0.5) is 5.69 Å². The van der Waals surface area contributed by atoms with Crippen LogP contribution in [0.1, 0.15) is 27.4 Å². The Morgan fingerprint density at radius 2 is 1.47 bits per heavy atom. The van der Waals surface area contributed by atoms with Crippen molar-refractivity contribution < 1.29 is 14.4 Å². The Labute approximate surface area is 195 Å². The first-order valence-corrected chi connectivity index (χ1v) is 10.6. The molecule has 170 valence electrons. The van der Waals surface area contributed by atoms with E-state index < -0.39 is 17.7 Å². The van der Waals surface area contributed by atoms with E-state index in [1.807, 2.05) is 60.7 Å². The largest absolute Gasteiger partial charge is 0.370 e. The van der Waals surface area contributed by atoms with Crippen LogP contribution < -0.4 is 16.4 Å². The van der Waals surface area contributed by atoms with Crippen molar-refractivity contribution in [2.24, 2.45) is 5.73 Å². The summed E-state index contributed by atoms with van der Waals surface area (Å²) >= 11 is 0. The minimum Gasteiger partial charge on any atom is -0.370 e. The van der Waals surface area contributed by atoms with Gasteiger partial charge < -0.3 is 16.4 Å². The summed E-state index contributed by atoms with van der Waals surface area (Å²) in [4.78, 5) is 41.0. The summed E-state index contributed by atoms with van der Waals surface area (Å²) in [5.74, 6) is -1.06. The highest BCUT2D eigenvalue weighted by molar-refractivity contribution is 6.07. The van der Waals surface area contributed by atoms with Crippen LogP contribution in [-0.4, -0.2) is 39.0 Å². The molecule has 4 aromatic rings. The lowest BCUT2D eigenvalue weighted by molar-refractivity contribution is -0.117. The van der Waals surface area contributed by atoms with E-state index in [1.165, 1.54) is 0 Å². The fourth-order valence-electron chi connectivity index (χ4n) is 3.29. The fourth-order valence-corrected chi connectivity index (χ4v) is 3.29. The quantitative estimate of drug-likeness (QED) is 0.377. The van der Waals surface area contributed by atoms with Crippen LogP contribution in [0.25, 0.3) is 17.1 Å². The maximum atomic E-state index is 13.1. The number of primary amides is 1. The summed E-state index contributed by atoms with van der Waals surface area (Å²) in [6.45, 7) is 0.0971. The zero-order chi connectivity index (χ0) is 23.9. The standard InChI is InChI=1S/C25H22N6O3/c26-21(32)15-16-27-24(33)19-13-7-8-14-20(19)28-25(34)22-29-23(17-9-3-1-4-10-17)31(30-22)18-11-5-2-6-12-18/h1-14H,15-16H2,(H2,26,32)(H,27,33)(H,28,34). The predicted octanol–water partition coefficient (Wildman–Crippen LogP) is 2.79. The molecule has 3 aromatic carbocycles. The fraction of sp³-hybridized carbons (Fsp3) is 0.0800. The Morgan fingerprint density at radius 1 is 0.824 bits per heavy atom. The molecule has 1 heterocycles. The molecule has 0 spiro atoms. The van der Waals surface area contributed by atoms with Gasteiger partial charge in [-0.3, -0.25) is 14.4 Å². The number of anilines is 1. The van der Waals surface area contributed by atoms with Gasteiger partial charge in [0.05, 0.1) is 16.9 Å². The second kappa shape index (κ2) is 10.2. The molecule has 0 aliphatic heterocycles. The number of nitrogens with zero attached hydrogens (tertiary/aromatic N) is 3. The van der Waals surface area contributed by atoms with Gasteiger partial charge in [0.15, 0.2) is 5.82 Å². The molecule has 0 fully saturated rings. The third kappa shape index (κ3) is 5.16. The second-order valence-electron chi connectivity index (χ2n) is 7.34. The molecule has 0 atom stereocenters. The molecule has 0 aliphatic carbocycles. The molecule has 34 heavy (non-hydrogen) atoms. The van der Waals surface area contributed by atoms with Crippen molar-refractivity contribution in [2.45, 2.75) is 6.42 Å². The lowest BCUT2D eigenvalue weighted by Crippen LogP contribution is -2.29. The molecular formula is C25H22N6O3. The van der Waals surface area contributed by atoms with Gasteiger partial charge in [0.25, 0.3) is 11.8 Å². The number of para-hydroxylation sites is 2. The van der Waals surface area contributed by atoms with Gasteiger partial charge in [-0.05, 0) is 24.3 Å². The maximum absolute atomic E-state index is 13.1. The first-order chi connectivity index (χ1) is 16.5. The third-order valence-corrected chi connectivity index (χ3v) is 4.92. The van der Waals surface area contributed by atoms with E-state index >= 15 is 0 Å². The molecular weight excluding hydrogens is 432 g/mol. The van der Waals surface area contributed by atoms with Crippen LogP contribution in [0.15, 0.2) is 84.9 Å². The highest BCUT2D eigenvalue weighted by atomic mass is 16.2. The van der Waals surface area contributed by atoms with Gasteiger partial charge in [0.1, 0.15) is 0 Å². The maximum Gasteiger partial charge on any atom is 0.295 e. The molecule has 3 amide bonds. The number of hydrogen-bond acceptors (Lipinski definition) is 5. The topological polar surface area (TPSA) is 132 Å². The van der Waals surface area contributed by atoms with Crippen molar-refractivity contribution in [3.63, 3.8) is 0 Å². The van der Waals surface area contributed by atoms with Crippen LogP contribution in [0.2, 0.25) is 0 Å². The van der Waals surface area contributed by atoms with Crippen molar-refractivity contribution in [1.29, 1.82) is 0 Å². The summed E-state index contributed by atoms with van der Waals surface area (Å²) < 4.78 is 1.60. The zero-order valence-electron chi connectivity index (χ0n) is 18.1. The number of aromatic nitrogens is 3. The lowest BCUT2D eigenvalue weighted by Gasteiger charge is -2.10. The molecule has 4 N–H and O–H groups in total. The highest BCUT2D eigenvalue weighted by Gasteiger charge is 2.20. The number of rotatable bonds is 8. The van der Waals surface area contributed by atoms with Crippen molar-refractivity contribution >= 4 is 23.4 Å². The lowest BCUT2D eigenvalue weighted by atomic mass is 10.1. The Bertz CT molecular complexity index is 1260. The molecule has 9 nitrogen and oxygen atoms in total. The van der Waals surface area contributed by atoms with Gasteiger partial charge in [-0.15, -0.1) is 5.10 Å². The summed E-state index contributed by atoms with van der Waals surface area (Å²) in [6.07, 6.45) is 0.0172. The third-order valence-electron chi connectivity index (χ3n) is 4.92. The SMILES string of the molecule is NC(=O)CCNC(=O)c1ccccc1NC(=O)c1nc(-c2ccccc2)n(-c2ccccc2)n1. The van der Waals surface area contributed by atoms with E-state index in [9.17, 15) is 14.4 Å². The van der Waals surface area contributed by atoms with Crippen LogP contribution >= 0.6 is 0 Å². The smallest absolute Gasteiger partial charge is 0.295 e. The Balaban J connectivity index is 1.62. The van der Waals surface area contributed by atoms with Gasteiger partial charge in [-0.1, -0.05) is 60.7 Å². The van der Waals surface area contributed by atoms with E-state index in [-0.39, 0.29) is 24.4 Å². The van der Waals surface area contributed by atoms with Gasteiger partial charge >= 0.3 is 0 Å². The van der Waals surface area contributed by atoms with E-state index in [2.05, 4.69) is 20.7 Å². The number of benzene rings is 3. The minimum absolute atomic E-state index is 0.0172. The zero-order valence-corrected chi connectivity index (χ0v) is 18.1. The van der Waals surface area contributed by atoms with Crippen LogP contribution in [0, 0.1) is 0 Å². The summed E-state index contributed by atoms with van der Waals surface area (Å²) in [6, 6.07) is 25.4. The van der Waals surface area contributed by atoms with Crippen molar-refractivity contribution in [2.75, 3.05) is 11.9 Å². The minimum atomic E-state index is -0.566. The Hall–Kier alpha value is -4.79. The monoisotopic (exact) mass is 454 g/mol. The summed E-state index contributed by atoms with van der Waals surface area (Å²) in [5.41, 5.74) is 7.20. The molecule has 0 unspecified atom stereocenters. The van der Waals surface area contributed by atoms with Gasteiger partial charge in [-0.2, -0.15) is 0 Å². The average molecular weight is 454 g/mol. The molecule has 1 aromatic heterocycles. The van der Waals surface area contributed by atoms with E-state index in [1.54, 1.807) is 28.9 Å². The molecule has 0 bridgehead atoms. The molecule has 0 saturated carbocycles. The number of nitrogens with two attached hydrogens (primary N) is 1. The molecule has 0 saturated heterocycles. The van der Waals surface area contributed by atoms with Crippen LogP contribution in [0.3, 0.4) is 0 Å². The van der Waals surface area contributed by atoms with E-state index in [0.717, 1.165) is 11.3 Å². The first-order valence-electron chi connectivity index (χ1n) is 10.6. The number of carbonyl (C=O) groups is 3. The summed E-state index contributed by atoms with van der Waals surface area (Å²) in [7, 11) is 0. The van der Waals surface area contributed by atoms with Crippen molar-refractivity contribution in [3.8, 4) is 17.1 Å². The van der Waals surface area contributed by atoms with Gasteiger partial charge in [-0.25, -0.2) is 9.67 Å². The number of carbonyl (C=O) groups excluding carboxylic acids is 3. The van der Waals surface area contributed by atoms with Gasteiger partial charge in [0, 0.05) is 18.5 Å². The highest BCUT2D eigenvalue weighted by Crippen LogP contribution is 2.22. The molecule has 4 rings (SSSR count). The predicted molar refractivity (Wildman–Crippen MR) is 127 cm³/mol. The van der Waals surface area contributed by atoms with E-state index in [4.69, 9.17) is 5.73 Å². The van der Waals surface area contributed by atoms with Crippen LogP contribution in [-0.2, 0) is 4.79 Å². The molecule has 0 aliphatic rings. The van der Waals surface area contributed by atoms with Crippen LogP contribution in [0.5, 0.6) is 0 Å². The van der Waals surface area contributed by atoms with Crippen molar-refractivity contribution in [3.05, 3.63) is 96.3 Å². The Kier molecular flexibility index (Phi) is 6.73. The second-order valence-corrected chi connectivity index (χ2v) is 7.34. The number of hydrogen-bond donors (Lipinski definition) is 3. The summed E-state index contributed by atoms with van der Waals surface area (Å²) in [5, 5.41) is 9.77. The van der Waals surface area contributed by atoms with E-state index in [0.29, 0.717) is 11.5 Å².